The van der Waals surface area contributed by atoms with Crippen LogP contribution in [0.15, 0.2) is 83.3 Å². The van der Waals surface area contributed by atoms with E-state index >= 15 is 0 Å². The third-order valence-electron chi connectivity index (χ3n) is 12.9. The Morgan fingerprint density at radius 2 is 1.27 bits per heavy atom. The molecule has 1 saturated heterocycles. The summed E-state index contributed by atoms with van der Waals surface area (Å²) in [5, 5.41) is 2.25. The molecule has 0 unspecified atom stereocenters. The van der Waals surface area contributed by atoms with Crippen molar-refractivity contribution in [2.45, 2.75) is 76.4 Å². The smallest absolute Gasteiger partial charge is 0.456 e. The van der Waals surface area contributed by atoms with E-state index in [-0.39, 0.29) is 5.41 Å². The van der Waals surface area contributed by atoms with E-state index in [2.05, 4.69) is 100 Å². The molecule has 4 aromatic carbocycles. The van der Waals surface area contributed by atoms with Crippen LogP contribution >= 0.6 is 0 Å². The van der Waals surface area contributed by atoms with Gasteiger partial charge in [-0.15, -0.1) is 0 Å². The Morgan fingerprint density at radius 1 is 0.614 bits per heavy atom. The quantitative estimate of drug-likeness (QED) is 0.196. The maximum atomic E-state index is 6.63. The highest BCUT2D eigenvalue weighted by Gasteiger charge is 2.61. The van der Waals surface area contributed by atoms with Gasteiger partial charge in [-0.1, -0.05) is 60.7 Å². The Labute approximate surface area is 260 Å². The zero-order chi connectivity index (χ0) is 29.6. The summed E-state index contributed by atoms with van der Waals surface area (Å²) >= 11 is 0. The lowest BCUT2D eigenvalue weighted by atomic mass is 9.43. The molecule has 3 nitrogen and oxygen atoms in total. The maximum Gasteiger partial charge on any atom is 0.498 e. The minimum absolute atomic E-state index is 0.149. The van der Waals surface area contributed by atoms with Gasteiger partial charge in [0.15, 0.2) is 0 Å². The fourth-order valence-electron chi connectivity index (χ4n) is 10.5. The fraction of sp³-hybridized carbons (Fsp3) is 0.400. The van der Waals surface area contributed by atoms with Gasteiger partial charge in [0.2, 0.25) is 0 Å². The summed E-state index contributed by atoms with van der Waals surface area (Å²) in [5.74, 6) is 3.36. The Balaban J connectivity index is 1.19. The number of hydrogen-bond acceptors (Lipinski definition) is 3. The molecule has 11 rings (SSSR count). The third-order valence-corrected chi connectivity index (χ3v) is 12.9. The SMILES string of the molecule is CC1(C)OB(c2cc(-c3ccc4c(c3)C3(c5ccccc5-4)C4CC5CC(C4)CC3C5)cc3c2oc2ccccc23)OC1(C)C. The van der Waals surface area contributed by atoms with E-state index < -0.39 is 18.3 Å². The first-order valence-electron chi connectivity index (χ1n) is 16.8. The predicted octanol–water partition coefficient (Wildman–Crippen LogP) is 9.27. The van der Waals surface area contributed by atoms with Crippen molar-refractivity contribution < 1.29 is 13.7 Å². The number of furan rings is 1. The maximum absolute atomic E-state index is 6.63. The second kappa shape index (κ2) is 8.47. The van der Waals surface area contributed by atoms with Gasteiger partial charge in [0, 0.05) is 21.7 Å². The van der Waals surface area contributed by atoms with Crippen LogP contribution in [0.25, 0.3) is 44.2 Å². The molecular formula is C40H39BO3. The summed E-state index contributed by atoms with van der Waals surface area (Å²) in [7, 11) is -0.502. The monoisotopic (exact) mass is 578 g/mol. The van der Waals surface area contributed by atoms with Gasteiger partial charge in [-0.3, -0.25) is 0 Å². The van der Waals surface area contributed by atoms with Crippen molar-refractivity contribution in [1.82, 2.24) is 0 Å². The molecular weight excluding hydrogens is 539 g/mol. The largest absolute Gasteiger partial charge is 0.498 e. The van der Waals surface area contributed by atoms with E-state index in [9.17, 15) is 0 Å². The topological polar surface area (TPSA) is 31.6 Å². The molecule has 5 fully saturated rings. The van der Waals surface area contributed by atoms with Crippen LogP contribution in [-0.2, 0) is 14.7 Å². The molecule has 5 aliphatic carbocycles. The lowest BCUT2D eigenvalue weighted by molar-refractivity contribution is -0.0399. The molecule has 1 aromatic heterocycles. The van der Waals surface area contributed by atoms with E-state index in [4.69, 9.17) is 13.7 Å². The van der Waals surface area contributed by atoms with Crippen molar-refractivity contribution in [2.24, 2.45) is 23.7 Å². The van der Waals surface area contributed by atoms with Crippen LogP contribution in [0.4, 0.5) is 0 Å². The van der Waals surface area contributed by atoms with Crippen molar-refractivity contribution in [3.8, 4) is 22.3 Å². The number of benzene rings is 4. The molecule has 6 aliphatic rings. The van der Waals surface area contributed by atoms with E-state index in [1.807, 2.05) is 6.07 Å². The van der Waals surface area contributed by atoms with Gasteiger partial charge in [-0.05, 0) is 135 Å². The van der Waals surface area contributed by atoms with Gasteiger partial charge >= 0.3 is 7.12 Å². The van der Waals surface area contributed by atoms with Crippen molar-refractivity contribution in [1.29, 1.82) is 0 Å². The normalized spacial score (nSPS) is 30.5. The highest BCUT2D eigenvalue weighted by molar-refractivity contribution is 6.65. The van der Waals surface area contributed by atoms with Crippen molar-refractivity contribution in [3.05, 3.63) is 90.0 Å². The van der Waals surface area contributed by atoms with Gasteiger partial charge in [-0.25, -0.2) is 0 Å². The van der Waals surface area contributed by atoms with Crippen LogP contribution in [0.1, 0.15) is 70.9 Å². The molecule has 2 heterocycles. The second-order valence-corrected chi connectivity index (χ2v) is 15.6. The molecule has 4 bridgehead atoms. The van der Waals surface area contributed by atoms with Gasteiger partial charge < -0.3 is 13.7 Å². The summed E-state index contributed by atoms with van der Waals surface area (Å²) in [5.41, 5.74) is 10.6. The summed E-state index contributed by atoms with van der Waals surface area (Å²) in [6, 6.07) is 29.7. The molecule has 0 radical (unpaired) electrons. The molecule has 220 valence electrons. The van der Waals surface area contributed by atoms with Crippen LogP contribution in [0, 0.1) is 23.7 Å². The van der Waals surface area contributed by atoms with E-state index in [1.165, 1.54) is 54.4 Å². The highest BCUT2D eigenvalue weighted by Crippen LogP contribution is 2.69. The van der Waals surface area contributed by atoms with Gasteiger partial charge in [0.05, 0.1) is 11.2 Å². The minimum Gasteiger partial charge on any atom is -0.456 e. The van der Waals surface area contributed by atoms with Crippen LogP contribution in [-0.4, -0.2) is 18.3 Å². The summed E-state index contributed by atoms with van der Waals surface area (Å²) in [6.45, 7) is 8.48. The molecule has 1 spiro atoms. The molecule has 1 aliphatic heterocycles. The van der Waals surface area contributed by atoms with Gasteiger partial charge in [-0.2, -0.15) is 0 Å². The summed E-state index contributed by atoms with van der Waals surface area (Å²) in [4.78, 5) is 0. The Hall–Kier alpha value is -3.34. The molecule has 5 aromatic rings. The first kappa shape index (κ1) is 25.9. The summed E-state index contributed by atoms with van der Waals surface area (Å²) in [6.07, 6.45) is 7.04. The highest BCUT2D eigenvalue weighted by atomic mass is 16.7. The van der Waals surface area contributed by atoms with Crippen molar-refractivity contribution >= 4 is 34.5 Å². The molecule has 0 N–H and O–H groups in total. The number of rotatable bonds is 2. The van der Waals surface area contributed by atoms with E-state index in [0.717, 1.165) is 51.1 Å². The van der Waals surface area contributed by atoms with Crippen LogP contribution in [0.2, 0.25) is 0 Å². The van der Waals surface area contributed by atoms with Gasteiger partial charge in [0.1, 0.15) is 11.2 Å². The average molecular weight is 579 g/mol. The number of hydrogen-bond donors (Lipinski definition) is 0. The van der Waals surface area contributed by atoms with Crippen LogP contribution in [0.3, 0.4) is 0 Å². The molecule has 4 saturated carbocycles. The third kappa shape index (κ3) is 3.21. The molecule has 4 heteroatoms. The zero-order valence-corrected chi connectivity index (χ0v) is 26.2. The lowest BCUT2D eigenvalue weighted by Gasteiger charge is -2.61. The van der Waals surface area contributed by atoms with Crippen LogP contribution < -0.4 is 5.46 Å². The van der Waals surface area contributed by atoms with Crippen molar-refractivity contribution in [2.75, 3.05) is 0 Å². The van der Waals surface area contributed by atoms with Crippen molar-refractivity contribution in [3.63, 3.8) is 0 Å². The first-order valence-corrected chi connectivity index (χ1v) is 16.8. The Bertz CT molecular complexity index is 1970. The number of fused-ring (bicyclic) bond motifs is 6. The predicted molar refractivity (Wildman–Crippen MR) is 178 cm³/mol. The first-order chi connectivity index (χ1) is 21.2. The Morgan fingerprint density at radius 3 is 2.02 bits per heavy atom. The zero-order valence-electron chi connectivity index (χ0n) is 26.2. The lowest BCUT2D eigenvalue weighted by Crippen LogP contribution is -2.55. The molecule has 0 amide bonds. The second-order valence-electron chi connectivity index (χ2n) is 15.6. The number of para-hydroxylation sites is 1. The van der Waals surface area contributed by atoms with Gasteiger partial charge in [0.25, 0.3) is 0 Å². The fourth-order valence-corrected chi connectivity index (χ4v) is 10.5. The Kier molecular flexibility index (Phi) is 4.99. The van der Waals surface area contributed by atoms with Crippen LogP contribution in [0.5, 0.6) is 0 Å². The van der Waals surface area contributed by atoms with E-state index in [1.54, 1.807) is 11.1 Å². The standard InChI is InChI=1S/C40H39BO3/c1-38(2)39(3,4)44-41(43-38)35-22-26(20-32-31-10-6-8-12-36(31)42-37(32)35)25-13-14-30-29-9-5-7-11-33(29)40(34(30)21-25)27-16-23-15-24(18-27)19-28(40)17-23/h5-14,20-24,27-28H,15-19H2,1-4H3. The average Bonchev–Trinajstić information content (AvgIpc) is 3.59. The molecule has 44 heavy (non-hydrogen) atoms. The molecule has 0 atom stereocenters. The summed E-state index contributed by atoms with van der Waals surface area (Å²) < 4.78 is 19.8. The van der Waals surface area contributed by atoms with E-state index in [0.29, 0.717) is 0 Å². The minimum atomic E-state index is -0.502.